The molecule has 1 aromatic carbocycles. The Hall–Kier alpha value is -2.16. The summed E-state index contributed by atoms with van der Waals surface area (Å²) in [7, 11) is 0. The van der Waals surface area contributed by atoms with E-state index in [1.54, 1.807) is 12.4 Å². The Morgan fingerprint density at radius 2 is 1.88 bits per heavy atom. The lowest BCUT2D eigenvalue weighted by Crippen LogP contribution is -2.35. The van der Waals surface area contributed by atoms with E-state index < -0.39 is 0 Å². The third-order valence-electron chi connectivity index (χ3n) is 3.06. The minimum atomic E-state index is -0.0459. The van der Waals surface area contributed by atoms with Crippen LogP contribution in [-0.4, -0.2) is 10.9 Å². The first kappa shape index (κ1) is 10.0. The second kappa shape index (κ2) is 4.01. The molecule has 3 nitrogen and oxygen atoms in total. The fourth-order valence-electron chi connectivity index (χ4n) is 2.26. The molecule has 1 N–H and O–H groups in total. The van der Waals surface area contributed by atoms with Crippen LogP contribution in [0.5, 0.6) is 0 Å². The van der Waals surface area contributed by atoms with Crippen LogP contribution in [0.2, 0.25) is 0 Å². The molecule has 1 aliphatic rings. The van der Waals surface area contributed by atoms with E-state index in [1.807, 2.05) is 30.3 Å². The van der Waals surface area contributed by atoms with Gasteiger partial charge in [-0.15, -0.1) is 0 Å². The molecule has 0 spiro atoms. The molecule has 1 atom stereocenters. The molecule has 0 saturated carbocycles. The predicted octanol–water partition coefficient (Wildman–Crippen LogP) is 1.84. The van der Waals surface area contributed by atoms with Gasteiger partial charge in [0.25, 0.3) is 0 Å². The van der Waals surface area contributed by atoms with Crippen LogP contribution in [0.25, 0.3) is 0 Å². The quantitative estimate of drug-likeness (QED) is 0.803. The Balaban J connectivity index is 2.10. The molecule has 2 heterocycles. The number of carbonyl (C=O) groups is 1. The summed E-state index contributed by atoms with van der Waals surface area (Å²) in [6, 6.07) is 11.9. The third-order valence-corrected chi connectivity index (χ3v) is 3.06. The number of benzene rings is 1. The van der Waals surface area contributed by atoms with Crippen LogP contribution in [0, 0.1) is 0 Å². The maximum absolute atomic E-state index is 11.7. The van der Waals surface area contributed by atoms with Gasteiger partial charge in [0.2, 0.25) is 5.91 Å². The molecule has 0 aliphatic carbocycles. The molecule has 3 rings (SSSR count). The molecule has 2 aromatic rings. The second-order valence-corrected chi connectivity index (χ2v) is 4.16. The summed E-state index contributed by atoms with van der Waals surface area (Å²) in [5, 5.41) is 3.02. The Labute approximate surface area is 99.5 Å². The number of amides is 1. The van der Waals surface area contributed by atoms with Gasteiger partial charge in [-0.3, -0.25) is 9.78 Å². The van der Waals surface area contributed by atoms with Gasteiger partial charge in [0.1, 0.15) is 0 Å². The van der Waals surface area contributed by atoms with Crippen LogP contribution in [0.3, 0.4) is 0 Å². The maximum atomic E-state index is 11.7. The van der Waals surface area contributed by atoms with Gasteiger partial charge >= 0.3 is 0 Å². The normalized spacial score (nSPS) is 18.4. The van der Waals surface area contributed by atoms with Crippen molar-refractivity contribution in [3.63, 3.8) is 0 Å². The van der Waals surface area contributed by atoms with E-state index in [1.165, 1.54) is 5.56 Å². The number of nitrogens with zero attached hydrogens (tertiary/aromatic N) is 1. The molecule has 3 heteroatoms. The molecule has 1 unspecified atom stereocenters. The SMILES string of the molecule is O=C1Cc2ccccc2C(c2ccncc2)N1. The molecule has 0 fully saturated rings. The first-order valence-electron chi connectivity index (χ1n) is 5.62. The lowest BCUT2D eigenvalue weighted by atomic mass is 9.90. The van der Waals surface area contributed by atoms with Gasteiger partial charge < -0.3 is 5.32 Å². The summed E-state index contributed by atoms with van der Waals surface area (Å²) in [6.07, 6.45) is 3.97. The third kappa shape index (κ3) is 1.80. The molecular weight excluding hydrogens is 212 g/mol. The van der Waals surface area contributed by atoms with Crippen LogP contribution < -0.4 is 5.32 Å². The summed E-state index contributed by atoms with van der Waals surface area (Å²) >= 11 is 0. The zero-order valence-electron chi connectivity index (χ0n) is 9.26. The van der Waals surface area contributed by atoms with Crippen molar-refractivity contribution in [2.24, 2.45) is 0 Å². The van der Waals surface area contributed by atoms with Crippen molar-refractivity contribution in [3.05, 3.63) is 65.5 Å². The van der Waals surface area contributed by atoms with E-state index in [-0.39, 0.29) is 11.9 Å². The highest BCUT2D eigenvalue weighted by Crippen LogP contribution is 2.28. The van der Waals surface area contributed by atoms with Gasteiger partial charge in [0.15, 0.2) is 0 Å². The van der Waals surface area contributed by atoms with Gasteiger partial charge in [0.05, 0.1) is 12.5 Å². The first-order valence-corrected chi connectivity index (χ1v) is 5.62. The van der Waals surface area contributed by atoms with Crippen LogP contribution in [0.1, 0.15) is 22.7 Å². The minimum absolute atomic E-state index is 0.0459. The van der Waals surface area contributed by atoms with Gasteiger partial charge in [0, 0.05) is 12.4 Å². The number of rotatable bonds is 1. The molecule has 1 aromatic heterocycles. The largest absolute Gasteiger partial charge is 0.345 e. The molecule has 17 heavy (non-hydrogen) atoms. The second-order valence-electron chi connectivity index (χ2n) is 4.16. The monoisotopic (exact) mass is 224 g/mol. The van der Waals surface area contributed by atoms with Crippen LogP contribution in [-0.2, 0) is 11.2 Å². The lowest BCUT2D eigenvalue weighted by molar-refractivity contribution is -0.121. The molecular formula is C14H12N2O. The maximum Gasteiger partial charge on any atom is 0.225 e. The zero-order valence-corrected chi connectivity index (χ0v) is 9.26. The smallest absolute Gasteiger partial charge is 0.225 e. The summed E-state index contributed by atoms with van der Waals surface area (Å²) in [4.78, 5) is 15.7. The van der Waals surface area contributed by atoms with E-state index in [2.05, 4.69) is 16.4 Å². The predicted molar refractivity (Wildman–Crippen MR) is 64.4 cm³/mol. The van der Waals surface area contributed by atoms with E-state index >= 15 is 0 Å². The highest BCUT2D eigenvalue weighted by Gasteiger charge is 2.24. The van der Waals surface area contributed by atoms with Crippen molar-refractivity contribution in [1.29, 1.82) is 0 Å². The van der Waals surface area contributed by atoms with Gasteiger partial charge in [-0.1, -0.05) is 24.3 Å². The van der Waals surface area contributed by atoms with Crippen LogP contribution in [0.4, 0.5) is 0 Å². The average Bonchev–Trinajstić information content (AvgIpc) is 2.39. The lowest BCUT2D eigenvalue weighted by Gasteiger charge is -2.26. The topological polar surface area (TPSA) is 42.0 Å². The molecule has 0 radical (unpaired) electrons. The number of aromatic nitrogens is 1. The van der Waals surface area contributed by atoms with Crippen molar-refractivity contribution in [1.82, 2.24) is 10.3 Å². The van der Waals surface area contributed by atoms with E-state index in [0.29, 0.717) is 6.42 Å². The molecule has 84 valence electrons. The van der Waals surface area contributed by atoms with E-state index in [4.69, 9.17) is 0 Å². The van der Waals surface area contributed by atoms with Crippen molar-refractivity contribution in [2.45, 2.75) is 12.5 Å². The Morgan fingerprint density at radius 1 is 1.12 bits per heavy atom. The number of hydrogen-bond acceptors (Lipinski definition) is 2. The minimum Gasteiger partial charge on any atom is -0.345 e. The van der Waals surface area contributed by atoms with Crippen LogP contribution in [0.15, 0.2) is 48.8 Å². The summed E-state index contributed by atoms with van der Waals surface area (Å²) in [5.74, 6) is 0.0745. The molecule has 0 saturated heterocycles. The summed E-state index contributed by atoms with van der Waals surface area (Å²) in [5.41, 5.74) is 3.36. The summed E-state index contributed by atoms with van der Waals surface area (Å²) in [6.45, 7) is 0. The number of fused-ring (bicyclic) bond motifs is 1. The van der Waals surface area contributed by atoms with Gasteiger partial charge in [-0.2, -0.15) is 0 Å². The zero-order chi connectivity index (χ0) is 11.7. The van der Waals surface area contributed by atoms with Gasteiger partial charge in [-0.05, 0) is 28.8 Å². The molecule has 0 bridgehead atoms. The number of pyridine rings is 1. The van der Waals surface area contributed by atoms with Crippen molar-refractivity contribution >= 4 is 5.91 Å². The highest BCUT2D eigenvalue weighted by atomic mass is 16.1. The van der Waals surface area contributed by atoms with Crippen molar-refractivity contribution in [2.75, 3.05) is 0 Å². The van der Waals surface area contributed by atoms with E-state index in [9.17, 15) is 4.79 Å². The van der Waals surface area contributed by atoms with Crippen LogP contribution >= 0.6 is 0 Å². The first-order chi connectivity index (χ1) is 8.34. The number of carbonyl (C=O) groups excluding carboxylic acids is 1. The highest BCUT2D eigenvalue weighted by molar-refractivity contribution is 5.82. The standard InChI is InChI=1S/C14H12N2O/c17-13-9-11-3-1-2-4-12(11)14(16-13)10-5-7-15-8-6-10/h1-8,14H,9H2,(H,16,17). The number of nitrogens with one attached hydrogen (secondary N) is 1. The fraction of sp³-hybridized carbons (Fsp3) is 0.143. The van der Waals surface area contributed by atoms with E-state index in [0.717, 1.165) is 11.1 Å². The summed E-state index contributed by atoms with van der Waals surface area (Å²) < 4.78 is 0. The van der Waals surface area contributed by atoms with Crippen molar-refractivity contribution < 1.29 is 4.79 Å². The molecule has 1 aliphatic heterocycles. The Morgan fingerprint density at radius 3 is 2.71 bits per heavy atom. The number of hydrogen-bond donors (Lipinski definition) is 1. The Bertz CT molecular complexity index is 551. The average molecular weight is 224 g/mol. The van der Waals surface area contributed by atoms with Crippen molar-refractivity contribution in [3.8, 4) is 0 Å². The fourth-order valence-corrected chi connectivity index (χ4v) is 2.26. The molecule has 1 amide bonds. The Kier molecular flexibility index (Phi) is 2.37. The van der Waals surface area contributed by atoms with Gasteiger partial charge in [-0.25, -0.2) is 0 Å².